The SMILES string of the molecule is CC1OCCC1CNc1sc(C(N)=O)c(N)c1C#N. The van der Waals surface area contributed by atoms with Gasteiger partial charge in [0.15, 0.2) is 0 Å². The average Bonchev–Trinajstić information content (AvgIpc) is 2.90. The molecular formula is C12H16N4O2S. The molecule has 1 aromatic rings. The lowest BCUT2D eigenvalue weighted by atomic mass is 10.0. The van der Waals surface area contributed by atoms with Crippen molar-refractivity contribution in [1.82, 2.24) is 0 Å². The maximum Gasteiger partial charge on any atom is 0.261 e. The molecule has 1 fully saturated rings. The normalized spacial score (nSPS) is 22.1. The third kappa shape index (κ3) is 2.64. The van der Waals surface area contributed by atoms with E-state index in [4.69, 9.17) is 21.5 Å². The van der Waals surface area contributed by atoms with Crippen LogP contribution in [-0.2, 0) is 4.74 Å². The Labute approximate surface area is 115 Å². The lowest BCUT2D eigenvalue weighted by Crippen LogP contribution is -2.20. The summed E-state index contributed by atoms with van der Waals surface area (Å²) in [5, 5.41) is 12.9. The zero-order valence-corrected chi connectivity index (χ0v) is 11.4. The van der Waals surface area contributed by atoms with E-state index >= 15 is 0 Å². The van der Waals surface area contributed by atoms with Crippen molar-refractivity contribution in [1.29, 1.82) is 5.26 Å². The summed E-state index contributed by atoms with van der Waals surface area (Å²) in [5.74, 6) is -0.212. The first-order chi connectivity index (χ1) is 9.04. The number of primary amides is 1. The summed E-state index contributed by atoms with van der Waals surface area (Å²) in [7, 11) is 0. The minimum absolute atomic E-state index is 0.165. The molecule has 0 spiro atoms. The van der Waals surface area contributed by atoms with Gasteiger partial charge in [0.1, 0.15) is 21.5 Å². The Kier molecular flexibility index (Phi) is 3.93. The number of carbonyl (C=O) groups excluding carboxylic acids is 1. The van der Waals surface area contributed by atoms with Gasteiger partial charge in [-0.3, -0.25) is 4.79 Å². The van der Waals surface area contributed by atoms with Gasteiger partial charge in [0, 0.05) is 19.1 Å². The highest BCUT2D eigenvalue weighted by atomic mass is 32.1. The topological polar surface area (TPSA) is 114 Å². The van der Waals surface area contributed by atoms with E-state index in [1.54, 1.807) is 0 Å². The van der Waals surface area contributed by atoms with E-state index in [0.29, 0.717) is 23.0 Å². The summed E-state index contributed by atoms with van der Waals surface area (Å²) in [4.78, 5) is 11.4. The van der Waals surface area contributed by atoms with E-state index in [1.165, 1.54) is 0 Å². The summed E-state index contributed by atoms with van der Waals surface area (Å²) in [6.45, 7) is 3.48. The molecule has 1 aliphatic rings. The molecule has 0 aliphatic carbocycles. The Balaban J connectivity index is 2.14. The summed E-state index contributed by atoms with van der Waals surface area (Å²) in [6, 6.07) is 2.01. The highest BCUT2D eigenvalue weighted by Crippen LogP contribution is 2.35. The van der Waals surface area contributed by atoms with Crippen molar-refractivity contribution in [3.63, 3.8) is 0 Å². The predicted octanol–water partition coefficient (Wildman–Crippen LogP) is 1.14. The maximum absolute atomic E-state index is 11.2. The van der Waals surface area contributed by atoms with Crippen molar-refractivity contribution < 1.29 is 9.53 Å². The van der Waals surface area contributed by atoms with Gasteiger partial charge in [0.25, 0.3) is 5.91 Å². The fourth-order valence-electron chi connectivity index (χ4n) is 2.13. The molecule has 7 heteroatoms. The van der Waals surface area contributed by atoms with Gasteiger partial charge < -0.3 is 21.5 Å². The van der Waals surface area contributed by atoms with Crippen LogP contribution < -0.4 is 16.8 Å². The molecule has 19 heavy (non-hydrogen) atoms. The number of nitrogens with two attached hydrogens (primary N) is 2. The summed E-state index contributed by atoms with van der Waals surface area (Å²) in [6.07, 6.45) is 1.19. The van der Waals surface area contributed by atoms with Crippen molar-refractivity contribution >= 4 is 27.9 Å². The fraction of sp³-hybridized carbons (Fsp3) is 0.500. The highest BCUT2D eigenvalue weighted by molar-refractivity contribution is 7.18. The number of rotatable bonds is 4. The first kappa shape index (κ1) is 13.6. The predicted molar refractivity (Wildman–Crippen MR) is 74.0 cm³/mol. The zero-order chi connectivity index (χ0) is 14.0. The van der Waals surface area contributed by atoms with Crippen LogP contribution in [-0.4, -0.2) is 25.2 Å². The largest absolute Gasteiger partial charge is 0.396 e. The van der Waals surface area contributed by atoms with Crippen LogP contribution in [0.4, 0.5) is 10.7 Å². The molecule has 2 atom stereocenters. The molecule has 1 aromatic heterocycles. The second-order valence-corrected chi connectivity index (χ2v) is 5.55. The number of carbonyl (C=O) groups is 1. The molecule has 1 aliphatic heterocycles. The van der Waals surface area contributed by atoms with Crippen molar-refractivity contribution in [2.75, 3.05) is 24.2 Å². The van der Waals surface area contributed by atoms with E-state index in [1.807, 2.05) is 13.0 Å². The highest BCUT2D eigenvalue weighted by Gasteiger charge is 2.25. The van der Waals surface area contributed by atoms with Crippen LogP contribution in [0, 0.1) is 17.2 Å². The van der Waals surface area contributed by atoms with Gasteiger partial charge in [-0.2, -0.15) is 5.26 Å². The van der Waals surface area contributed by atoms with E-state index in [2.05, 4.69) is 5.32 Å². The number of amides is 1. The van der Waals surface area contributed by atoms with Crippen molar-refractivity contribution in [3.05, 3.63) is 10.4 Å². The van der Waals surface area contributed by atoms with Crippen molar-refractivity contribution in [3.8, 4) is 6.07 Å². The molecule has 0 bridgehead atoms. The lowest BCUT2D eigenvalue weighted by molar-refractivity contribution is 0.100. The van der Waals surface area contributed by atoms with Gasteiger partial charge in [0.05, 0.1) is 11.8 Å². The van der Waals surface area contributed by atoms with E-state index in [9.17, 15) is 4.79 Å². The standard InChI is InChI=1S/C12H16N4O2S/c1-6-7(2-3-18-6)5-16-12-8(4-13)9(14)10(19-12)11(15)17/h6-7,16H,2-3,5,14H2,1H3,(H2,15,17). The van der Waals surface area contributed by atoms with Crippen LogP contribution in [0.25, 0.3) is 0 Å². The van der Waals surface area contributed by atoms with Gasteiger partial charge in [-0.1, -0.05) is 0 Å². The molecule has 0 radical (unpaired) electrons. The van der Waals surface area contributed by atoms with Gasteiger partial charge in [-0.25, -0.2) is 0 Å². The van der Waals surface area contributed by atoms with Crippen LogP contribution in [0.1, 0.15) is 28.6 Å². The van der Waals surface area contributed by atoms with E-state index < -0.39 is 5.91 Å². The fourth-order valence-corrected chi connectivity index (χ4v) is 3.06. The van der Waals surface area contributed by atoms with Crippen LogP contribution in [0.15, 0.2) is 0 Å². The molecule has 2 unspecified atom stereocenters. The number of nitrogens with one attached hydrogen (secondary N) is 1. The number of ether oxygens (including phenoxy) is 1. The number of nitrogen functional groups attached to an aromatic ring is 1. The molecule has 2 heterocycles. The smallest absolute Gasteiger partial charge is 0.261 e. The van der Waals surface area contributed by atoms with Crippen molar-refractivity contribution in [2.45, 2.75) is 19.4 Å². The second kappa shape index (κ2) is 5.47. The van der Waals surface area contributed by atoms with Crippen LogP contribution in [0.3, 0.4) is 0 Å². The molecule has 1 amide bonds. The van der Waals surface area contributed by atoms with Crippen LogP contribution >= 0.6 is 11.3 Å². The van der Waals surface area contributed by atoms with Gasteiger partial charge >= 0.3 is 0 Å². The summed E-state index contributed by atoms with van der Waals surface area (Å²) < 4.78 is 5.48. The number of anilines is 2. The molecule has 102 valence electrons. The van der Waals surface area contributed by atoms with Crippen LogP contribution in [0.5, 0.6) is 0 Å². The summed E-state index contributed by atoms with van der Waals surface area (Å²) >= 11 is 1.13. The number of nitrogens with zero attached hydrogens (tertiary/aromatic N) is 1. The molecule has 1 saturated heterocycles. The zero-order valence-electron chi connectivity index (χ0n) is 10.6. The quantitative estimate of drug-likeness (QED) is 0.765. The minimum Gasteiger partial charge on any atom is -0.396 e. The number of hydrogen-bond donors (Lipinski definition) is 3. The molecule has 2 rings (SSSR count). The molecule has 0 saturated carbocycles. The third-order valence-electron chi connectivity index (χ3n) is 3.34. The first-order valence-electron chi connectivity index (χ1n) is 6.02. The Morgan fingerprint density at radius 3 is 2.95 bits per heavy atom. The molecular weight excluding hydrogens is 264 g/mol. The Morgan fingerprint density at radius 2 is 2.42 bits per heavy atom. The lowest BCUT2D eigenvalue weighted by Gasteiger charge is -2.14. The Hall–Kier alpha value is -1.78. The van der Waals surface area contributed by atoms with Gasteiger partial charge in [-0.05, 0) is 13.3 Å². The Morgan fingerprint density at radius 1 is 1.68 bits per heavy atom. The van der Waals surface area contributed by atoms with Crippen LogP contribution in [0.2, 0.25) is 0 Å². The van der Waals surface area contributed by atoms with Gasteiger partial charge in [0.2, 0.25) is 0 Å². The maximum atomic E-state index is 11.2. The monoisotopic (exact) mass is 280 g/mol. The molecule has 0 aromatic carbocycles. The first-order valence-corrected chi connectivity index (χ1v) is 6.83. The second-order valence-electron chi connectivity index (χ2n) is 4.53. The number of thiophene rings is 1. The summed E-state index contributed by atoms with van der Waals surface area (Å²) in [5.41, 5.74) is 11.4. The van der Waals surface area contributed by atoms with Gasteiger partial charge in [-0.15, -0.1) is 11.3 Å². The minimum atomic E-state index is -0.607. The number of nitriles is 1. The third-order valence-corrected chi connectivity index (χ3v) is 4.52. The van der Waals surface area contributed by atoms with E-state index in [-0.39, 0.29) is 16.7 Å². The number of hydrogen-bond acceptors (Lipinski definition) is 6. The Bertz CT molecular complexity index is 535. The van der Waals surface area contributed by atoms with Crippen molar-refractivity contribution in [2.24, 2.45) is 11.7 Å². The average molecular weight is 280 g/mol. The molecule has 5 N–H and O–H groups in total. The molecule has 6 nitrogen and oxygen atoms in total. The van der Waals surface area contributed by atoms with E-state index in [0.717, 1.165) is 24.4 Å².